The normalized spacial score (nSPS) is 12.7. The zero-order valence-electron chi connectivity index (χ0n) is 9.31. The summed E-state index contributed by atoms with van der Waals surface area (Å²) in [6, 6.07) is 10.6. The Balaban J connectivity index is 2.03. The Morgan fingerprint density at radius 1 is 1.27 bits per heavy atom. The SMILES string of the molecule is COC(C)OCCC[Se]c1ccccc1. The topological polar surface area (TPSA) is 18.5 Å². The second-order valence-corrected chi connectivity index (χ2v) is 5.64. The molecule has 2 nitrogen and oxygen atoms in total. The fraction of sp³-hybridized carbons (Fsp3) is 0.500. The molecule has 0 aromatic heterocycles. The molecule has 0 aliphatic carbocycles. The molecule has 0 heterocycles. The number of hydrogen-bond acceptors (Lipinski definition) is 2. The van der Waals surface area contributed by atoms with E-state index in [2.05, 4.69) is 30.3 Å². The standard InChI is InChI=1S/C12H18O2Se/c1-11(13-2)14-9-6-10-15-12-7-4-3-5-8-12/h3-5,7-8,11H,6,9-10H2,1-2H3. The van der Waals surface area contributed by atoms with E-state index in [4.69, 9.17) is 9.47 Å². The summed E-state index contributed by atoms with van der Waals surface area (Å²) in [4.78, 5) is 0. The van der Waals surface area contributed by atoms with Crippen LogP contribution in [0.1, 0.15) is 13.3 Å². The second kappa shape index (κ2) is 7.89. The third kappa shape index (κ3) is 5.95. The van der Waals surface area contributed by atoms with Crippen molar-refractivity contribution in [2.24, 2.45) is 0 Å². The molecule has 0 saturated heterocycles. The third-order valence-corrected chi connectivity index (χ3v) is 4.29. The summed E-state index contributed by atoms with van der Waals surface area (Å²) in [6.07, 6.45) is 1.04. The van der Waals surface area contributed by atoms with E-state index >= 15 is 0 Å². The summed E-state index contributed by atoms with van der Waals surface area (Å²) >= 11 is 0.584. The average Bonchev–Trinajstić information content (AvgIpc) is 2.29. The maximum absolute atomic E-state index is 5.42. The van der Waals surface area contributed by atoms with Crippen LogP contribution in [0.5, 0.6) is 0 Å². The van der Waals surface area contributed by atoms with Crippen LogP contribution < -0.4 is 4.46 Å². The molecule has 84 valence electrons. The van der Waals surface area contributed by atoms with Crippen molar-refractivity contribution >= 4 is 19.4 Å². The van der Waals surface area contributed by atoms with Crippen LogP contribution in [0.15, 0.2) is 30.3 Å². The van der Waals surface area contributed by atoms with Crippen LogP contribution in [0.2, 0.25) is 5.32 Å². The van der Waals surface area contributed by atoms with Gasteiger partial charge in [-0.15, -0.1) is 0 Å². The van der Waals surface area contributed by atoms with Crippen molar-refractivity contribution in [1.82, 2.24) is 0 Å². The molecule has 0 aliphatic heterocycles. The van der Waals surface area contributed by atoms with Gasteiger partial charge in [0.2, 0.25) is 0 Å². The number of hydrogen-bond donors (Lipinski definition) is 0. The van der Waals surface area contributed by atoms with Crippen LogP contribution in [-0.4, -0.2) is 35.0 Å². The zero-order chi connectivity index (χ0) is 10.9. The van der Waals surface area contributed by atoms with Gasteiger partial charge in [0.1, 0.15) is 0 Å². The summed E-state index contributed by atoms with van der Waals surface area (Å²) in [5, 5.41) is 1.23. The van der Waals surface area contributed by atoms with Gasteiger partial charge in [-0.3, -0.25) is 0 Å². The minimum absolute atomic E-state index is 0.0748. The van der Waals surface area contributed by atoms with Gasteiger partial charge in [-0.05, 0) is 0 Å². The van der Waals surface area contributed by atoms with Gasteiger partial charge in [-0.25, -0.2) is 0 Å². The molecule has 0 saturated carbocycles. The molecule has 0 spiro atoms. The van der Waals surface area contributed by atoms with E-state index in [1.165, 1.54) is 9.78 Å². The van der Waals surface area contributed by atoms with Crippen molar-refractivity contribution in [2.45, 2.75) is 25.0 Å². The van der Waals surface area contributed by atoms with Gasteiger partial charge >= 0.3 is 97.9 Å². The van der Waals surface area contributed by atoms with E-state index in [0.29, 0.717) is 15.0 Å². The van der Waals surface area contributed by atoms with Crippen molar-refractivity contribution in [3.8, 4) is 0 Å². The van der Waals surface area contributed by atoms with Gasteiger partial charge in [0.05, 0.1) is 0 Å². The fourth-order valence-electron chi connectivity index (χ4n) is 1.08. The molecule has 1 aromatic rings. The first kappa shape index (κ1) is 12.7. The van der Waals surface area contributed by atoms with Crippen LogP contribution in [0.25, 0.3) is 0 Å². The number of methoxy groups -OCH3 is 1. The van der Waals surface area contributed by atoms with Crippen LogP contribution >= 0.6 is 0 Å². The van der Waals surface area contributed by atoms with E-state index in [1.807, 2.05) is 6.92 Å². The van der Waals surface area contributed by atoms with Gasteiger partial charge in [-0.2, -0.15) is 0 Å². The molecule has 1 atom stereocenters. The number of rotatable bonds is 7. The molecule has 3 heteroatoms. The first-order valence-electron chi connectivity index (χ1n) is 5.15. The van der Waals surface area contributed by atoms with E-state index in [9.17, 15) is 0 Å². The van der Waals surface area contributed by atoms with Gasteiger partial charge in [-0.1, -0.05) is 0 Å². The van der Waals surface area contributed by atoms with Crippen LogP contribution in [0, 0.1) is 0 Å². The quantitative estimate of drug-likeness (QED) is 0.429. The Morgan fingerprint density at radius 3 is 2.67 bits per heavy atom. The van der Waals surface area contributed by atoms with Gasteiger partial charge in [0, 0.05) is 0 Å². The molecular weight excluding hydrogens is 255 g/mol. The summed E-state index contributed by atoms with van der Waals surface area (Å²) in [5.41, 5.74) is 0. The molecule has 0 radical (unpaired) electrons. The van der Waals surface area contributed by atoms with Crippen molar-refractivity contribution in [3.63, 3.8) is 0 Å². The molecule has 1 rings (SSSR count). The molecule has 0 aliphatic rings. The van der Waals surface area contributed by atoms with E-state index in [1.54, 1.807) is 7.11 Å². The first-order valence-corrected chi connectivity index (χ1v) is 7.22. The summed E-state index contributed by atoms with van der Waals surface area (Å²) < 4.78 is 11.9. The molecule has 0 N–H and O–H groups in total. The van der Waals surface area contributed by atoms with Crippen LogP contribution in [-0.2, 0) is 9.47 Å². The molecule has 0 fully saturated rings. The van der Waals surface area contributed by atoms with E-state index in [-0.39, 0.29) is 6.29 Å². The van der Waals surface area contributed by atoms with Crippen molar-refractivity contribution in [2.75, 3.05) is 13.7 Å². The minimum atomic E-state index is -0.0748. The van der Waals surface area contributed by atoms with Crippen molar-refractivity contribution in [1.29, 1.82) is 0 Å². The molecule has 0 bridgehead atoms. The fourth-order valence-corrected chi connectivity index (χ4v) is 2.86. The Labute approximate surface area is 98.1 Å². The maximum atomic E-state index is 5.42. The molecule has 15 heavy (non-hydrogen) atoms. The number of ether oxygens (including phenoxy) is 2. The second-order valence-electron chi connectivity index (χ2n) is 3.19. The Hall–Kier alpha value is -0.341. The Morgan fingerprint density at radius 2 is 2.00 bits per heavy atom. The Kier molecular flexibility index (Phi) is 6.69. The monoisotopic (exact) mass is 274 g/mol. The van der Waals surface area contributed by atoms with Gasteiger partial charge in [0.15, 0.2) is 0 Å². The number of benzene rings is 1. The third-order valence-electron chi connectivity index (χ3n) is 1.99. The van der Waals surface area contributed by atoms with Crippen molar-refractivity contribution in [3.05, 3.63) is 30.3 Å². The van der Waals surface area contributed by atoms with Gasteiger partial charge < -0.3 is 0 Å². The summed E-state index contributed by atoms with van der Waals surface area (Å²) in [6.45, 7) is 2.71. The first-order chi connectivity index (χ1) is 7.33. The predicted octanol–water partition coefficient (Wildman–Crippen LogP) is 1.83. The molecule has 1 aromatic carbocycles. The predicted molar refractivity (Wildman–Crippen MR) is 63.7 cm³/mol. The summed E-state index contributed by atoms with van der Waals surface area (Å²) in [7, 11) is 1.67. The van der Waals surface area contributed by atoms with Crippen LogP contribution in [0.4, 0.5) is 0 Å². The zero-order valence-corrected chi connectivity index (χ0v) is 11.0. The molecule has 1 unspecified atom stereocenters. The summed E-state index contributed by atoms with van der Waals surface area (Å²) in [5.74, 6) is 0. The van der Waals surface area contributed by atoms with E-state index in [0.717, 1.165) is 13.0 Å². The Bertz CT molecular complexity index is 251. The van der Waals surface area contributed by atoms with Gasteiger partial charge in [0.25, 0.3) is 0 Å². The molecular formula is C12H18O2Se. The molecule has 0 amide bonds. The van der Waals surface area contributed by atoms with Crippen molar-refractivity contribution < 1.29 is 9.47 Å². The average molecular weight is 273 g/mol. The van der Waals surface area contributed by atoms with Crippen LogP contribution in [0.3, 0.4) is 0 Å². The van der Waals surface area contributed by atoms with E-state index < -0.39 is 0 Å².